The van der Waals surface area contributed by atoms with Crippen molar-refractivity contribution in [2.24, 2.45) is 22.9 Å². The Hall–Kier alpha value is -4.85. The molecule has 0 radical (unpaired) electrons. The molecule has 4 heterocycles. The molecule has 0 spiro atoms. The second kappa shape index (κ2) is 22.2. The number of carbonyl (C=O) groups is 2. The predicted octanol–water partition coefficient (Wildman–Crippen LogP) is -6.41. The van der Waals surface area contributed by atoms with Crippen LogP contribution in [0.2, 0.25) is 0 Å². The van der Waals surface area contributed by atoms with Gasteiger partial charge in [0.1, 0.15) is 92.6 Å². The lowest BCUT2D eigenvalue weighted by atomic mass is 9.84. The normalized spacial score (nSPS) is 35.8. The Labute approximate surface area is 417 Å². The third-order valence-corrected chi connectivity index (χ3v) is 14.0. The Morgan fingerprint density at radius 2 is 1.30 bits per heavy atom. The van der Waals surface area contributed by atoms with Crippen LogP contribution in [0.25, 0.3) is 33.4 Å². The Balaban J connectivity index is 0.978. The first-order valence-corrected chi connectivity index (χ1v) is 23.7. The number of amides is 1. The molecular formula is C48H65N7O18. The van der Waals surface area contributed by atoms with Gasteiger partial charge in [0, 0.05) is 78.2 Å². The van der Waals surface area contributed by atoms with E-state index in [1.807, 2.05) is 74.1 Å². The van der Waals surface area contributed by atoms with Crippen LogP contribution >= 0.6 is 0 Å². The van der Waals surface area contributed by atoms with Gasteiger partial charge in [-0.3, -0.25) is 4.79 Å². The molecule has 2 aliphatic carbocycles. The summed E-state index contributed by atoms with van der Waals surface area (Å²) in [5, 5.41) is 103. The van der Waals surface area contributed by atoms with Crippen molar-refractivity contribution in [1.82, 2.24) is 9.89 Å². The van der Waals surface area contributed by atoms with Crippen LogP contribution < -0.4 is 48.2 Å². The molecule has 7 unspecified atom stereocenters. The Morgan fingerprint density at radius 1 is 0.699 bits per heavy atom. The molecule has 25 nitrogen and oxygen atoms in total. The van der Waals surface area contributed by atoms with E-state index >= 15 is 0 Å². The highest BCUT2D eigenvalue weighted by Gasteiger charge is 2.54. The summed E-state index contributed by atoms with van der Waals surface area (Å²) in [5.74, 6) is -1.87. The van der Waals surface area contributed by atoms with E-state index in [0.717, 1.165) is 17.1 Å². The molecule has 0 aromatic heterocycles. The van der Waals surface area contributed by atoms with Crippen molar-refractivity contribution in [2.45, 2.75) is 123 Å². The molecule has 8 rings (SSSR count). The highest BCUT2D eigenvalue weighted by Crippen LogP contribution is 2.42. The van der Waals surface area contributed by atoms with Gasteiger partial charge in [0.15, 0.2) is 18.9 Å². The van der Waals surface area contributed by atoms with Crippen molar-refractivity contribution in [3.8, 4) is 22.5 Å². The highest BCUT2D eigenvalue weighted by molar-refractivity contribution is 6.09. The van der Waals surface area contributed by atoms with Gasteiger partial charge in [-0.1, -0.05) is 6.07 Å². The van der Waals surface area contributed by atoms with Gasteiger partial charge >= 0.3 is 0 Å². The van der Waals surface area contributed by atoms with Gasteiger partial charge in [0.25, 0.3) is 5.91 Å². The van der Waals surface area contributed by atoms with Crippen LogP contribution in [0, 0.1) is 0 Å². The fourth-order valence-corrected chi connectivity index (χ4v) is 9.75. The summed E-state index contributed by atoms with van der Waals surface area (Å²) >= 11 is 0. The monoisotopic (exact) mass is 1030 g/mol. The largest absolute Gasteiger partial charge is 0.545 e. The number of aliphatic hydroxyl groups is 8. The first-order chi connectivity index (χ1) is 34.6. The average molecular weight is 1030 g/mol. The lowest BCUT2D eigenvalue weighted by molar-refractivity contribution is -0.310. The molecule has 4 aliphatic heterocycles. The number of anilines is 1. The van der Waals surface area contributed by atoms with Gasteiger partial charge in [-0.05, 0) is 42.3 Å². The maximum Gasteiger partial charge on any atom is 0.251 e. The first kappa shape index (κ1) is 54.4. The summed E-state index contributed by atoms with van der Waals surface area (Å²) in [6.07, 6.45) is -23.0. The second-order valence-corrected chi connectivity index (χ2v) is 19.3. The van der Waals surface area contributed by atoms with Gasteiger partial charge in [0.05, 0.1) is 43.4 Å². The van der Waals surface area contributed by atoms with E-state index in [-0.39, 0.29) is 23.1 Å². The van der Waals surface area contributed by atoms with Gasteiger partial charge in [-0.25, -0.2) is 4.58 Å². The highest BCUT2D eigenvalue weighted by atomic mass is 16.8. The van der Waals surface area contributed by atoms with Crippen molar-refractivity contribution in [3.05, 3.63) is 71.1 Å². The smallest absolute Gasteiger partial charge is 0.251 e. The summed E-state index contributed by atoms with van der Waals surface area (Å²) in [6, 6.07) is 10.4. The minimum atomic E-state index is -1.78. The van der Waals surface area contributed by atoms with E-state index in [4.69, 9.17) is 55.8 Å². The van der Waals surface area contributed by atoms with Crippen molar-refractivity contribution < 1.29 is 88.4 Å². The van der Waals surface area contributed by atoms with Crippen molar-refractivity contribution >= 4 is 28.5 Å². The SMILES string of the molecule is CN(C)c1ccc2c(-c3ccc(C(=O)NCC4O[C@H](O[C@@H]5C(O)[C@H](O[C@@H]6C(O)[C@H](N)CC(N)[C@H]6O[C@H]6OC(CO)[C@@H](O)[C@H](O)C6N)O[C@@H]5CO)[C@H](N)C(O)[C@@H]4O)cc3C(=O)[O-])c3ccc(=[N+](C)C)cc-3oc2c1. The lowest BCUT2D eigenvalue weighted by Gasteiger charge is -2.47. The van der Waals surface area contributed by atoms with E-state index in [2.05, 4.69) is 5.32 Å². The molecular weight excluding hydrogens is 963 g/mol. The fourth-order valence-electron chi connectivity index (χ4n) is 9.75. The number of rotatable bonds is 14. The number of aromatic carboxylic acids is 1. The molecule has 25 heteroatoms. The van der Waals surface area contributed by atoms with Gasteiger partial charge < -0.3 is 117 Å². The van der Waals surface area contributed by atoms with Crippen LogP contribution in [0.4, 0.5) is 5.69 Å². The number of carboxylic acid groups (broad SMARTS) is 1. The number of nitrogens with one attached hydrogen (secondary N) is 1. The summed E-state index contributed by atoms with van der Waals surface area (Å²) in [4.78, 5) is 28.6. The number of hydrogen-bond acceptors (Lipinski definition) is 23. The topological polar surface area (TPSA) is 410 Å². The molecule has 19 atom stereocenters. The zero-order valence-electron chi connectivity index (χ0n) is 40.4. The van der Waals surface area contributed by atoms with E-state index in [0.29, 0.717) is 27.9 Å². The summed E-state index contributed by atoms with van der Waals surface area (Å²) in [5.41, 5.74) is 27.2. The van der Waals surface area contributed by atoms with E-state index in [9.17, 15) is 55.5 Å². The average Bonchev–Trinajstić information content (AvgIpc) is 3.66. The number of nitrogens with zero attached hydrogens (tertiary/aromatic N) is 2. The van der Waals surface area contributed by atoms with Gasteiger partial charge in [-0.2, -0.15) is 0 Å². The third-order valence-electron chi connectivity index (χ3n) is 14.0. The summed E-state index contributed by atoms with van der Waals surface area (Å²) in [7, 11) is 7.51. The van der Waals surface area contributed by atoms with Crippen molar-refractivity contribution in [3.63, 3.8) is 0 Å². The molecule has 17 N–H and O–H groups in total. The minimum Gasteiger partial charge on any atom is -0.545 e. The quantitative estimate of drug-likeness (QED) is 0.0413. The van der Waals surface area contributed by atoms with E-state index in [1.54, 1.807) is 0 Å². The Kier molecular flexibility index (Phi) is 16.5. The van der Waals surface area contributed by atoms with Crippen molar-refractivity contribution in [1.29, 1.82) is 0 Å². The van der Waals surface area contributed by atoms with Crippen LogP contribution in [-0.2, 0) is 28.4 Å². The van der Waals surface area contributed by atoms with Crippen LogP contribution in [0.3, 0.4) is 0 Å². The van der Waals surface area contributed by atoms with Crippen LogP contribution in [0.5, 0.6) is 0 Å². The summed E-state index contributed by atoms with van der Waals surface area (Å²) in [6.45, 7) is -1.96. The van der Waals surface area contributed by atoms with Gasteiger partial charge in [0.2, 0.25) is 5.36 Å². The molecule has 400 valence electrons. The Bertz CT molecular complexity index is 2650. The molecule has 1 amide bonds. The predicted molar refractivity (Wildman–Crippen MR) is 254 cm³/mol. The number of fused-ring (bicyclic) bond motifs is 2. The fraction of sp³-hybridized carbons (Fsp3) is 0.562. The molecule has 6 aliphatic rings. The zero-order valence-corrected chi connectivity index (χ0v) is 40.4. The number of benzene rings is 3. The maximum absolute atomic E-state index is 13.8. The van der Waals surface area contributed by atoms with E-state index in [1.165, 1.54) is 12.1 Å². The summed E-state index contributed by atoms with van der Waals surface area (Å²) < 4.78 is 43.8. The zero-order chi connectivity index (χ0) is 52.9. The van der Waals surface area contributed by atoms with Crippen LogP contribution in [0.15, 0.2) is 59.0 Å². The number of hydrogen-bond donors (Lipinski definition) is 13. The molecule has 4 fully saturated rings. The van der Waals surface area contributed by atoms with Gasteiger partial charge in [-0.15, -0.1) is 0 Å². The molecule has 3 saturated heterocycles. The first-order valence-electron chi connectivity index (χ1n) is 23.7. The second-order valence-electron chi connectivity index (χ2n) is 19.3. The molecule has 2 aromatic carbocycles. The maximum atomic E-state index is 13.8. The standard InChI is InChI=1S/C48H65N7O18/c1-54(2)19-6-9-22-27(12-19)67-28-13-20(55(3)4)7-10-23(28)32(22)21-8-5-18(11-24(21)45(65)66)44(64)53-15-29-36(59)38(61)33(51)46(68-29)72-42-31(17-57)70-48(40(42)63)73-43-35(58)25(49)14-26(50)41(43)71-47-34(52)39(62)37(60)30(16-56)69-47/h5-13,25-26,29-31,33-43,46-48,56-63H,14-17,49-52H2,1-4H3,(H-,53,64,65,66)/t25-,26?,29?,30?,31-,33-,34?,35?,36-,37-,38?,39-,40?,41-,42+,43-,46-,47-,48+/m1/s1. The number of ether oxygens (including phenoxy) is 6. The molecule has 73 heavy (non-hydrogen) atoms. The number of nitrogens with two attached hydrogens (primary N) is 4. The number of aliphatic hydroxyl groups excluding tert-OH is 8. The van der Waals surface area contributed by atoms with Crippen LogP contribution in [0.1, 0.15) is 27.1 Å². The molecule has 1 saturated carbocycles. The number of carboxylic acids is 1. The minimum absolute atomic E-state index is 0.00157. The molecule has 0 bridgehead atoms. The Morgan fingerprint density at radius 3 is 1.93 bits per heavy atom. The van der Waals surface area contributed by atoms with Crippen LogP contribution in [-0.4, -0.2) is 217 Å². The number of carbonyl (C=O) groups excluding carboxylic acids is 2. The third kappa shape index (κ3) is 10.7. The van der Waals surface area contributed by atoms with E-state index < -0.39 is 148 Å². The lowest BCUT2D eigenvalue weighted by Crippen LogP contribution is -2.68. The molecule has 2 aromatic rings. The van der Waals surface area contributed by atoms with Crippen molar-refractivity contribution in [2.75, 3.05) is 52.8 Å².